The molecule has 0 unspecified atom stereocenters. The lowest BCUT2D eigenvalue weighted by atomic mass is 10.2. The summed E-state index contributed by atoms with van der Waals surface area (Å²) in [4.78, 5) is 1.25. The number of hydrogen-bond acceptors (Lipinski definition) is 4. The smallest absolute Gasteiger partial charge is 0.123 e. The van der Waals surface area contributed by atoms with E-state index in [1.165, 1.54) is 10.4 Å². The van der Waals surface area contributed by atoms with Crippen LogP contribution in [0.15, 0.2) is 41.8 Å². The first-order chi connectivity index (χ1) is 10.3. The summed E-state index contributed by atoms with van der Waals surface area (Å²) in [6.07, 6.45) is 0. The Hall–Kier alpha value is -1.36. The molecule has 0 spiro atoms. The van der Waals surface area contributed by atoms with E-state index in [2.05, 4.69) is 36.7 Å². The van der Waals surface area contributed by atoms with E-state index in [4.69, 9.17) is 9.47 Å². The Bertz CT molecular complexity index is 511. The fraction of sp³-hybridized carbons (Fsp3) is 0.412. The number of thiophene rings is 1. The largest absolute Gasteiger partial charge is 0.491 e. The highest BCUT2D eigenvalue weighted by Gasteiger charge is 2.03. The van der Waals surface area contributed by atoms with Crippen LogP contribution >= 0.6 is 11.3 Å². The van der Waals surface area contributed by atoms with E-state index in [0.29, 0.717) is 25.9 Å². The molecule has 0 atom stereocenters. The highest BCUT2D eigenvalue weighted by molar-refractivity contribution is 7.09. The van der Waals surface area contributed by atoms with Crippen molar-refractivity contribution in [3.8, 4) is 5.75 Å². The molecule has 0 saturated heterocycles. The van der Waals surface area contributed by atoms with Crippen LogP contribution < -0.4 is 10.1 Å². The maximum absolute atomic E-state index is 5.83. The zero-order valence-corrected chi connectivity index (χ0v) is 13.5. The predicted octanol–water partition coefficient (Wildman–Crippen LogP) is 3.84. The minimum atomic E-state index is 0.465. The van der Waals surface area contributed by atoms with Crippen LogP contribution in [0.1, 0.15) is 24.3 Å². The minimum absolute atomic E-state index is 0.465. The molecule has 2 rings (SSSR count). The molecule has 3 nitrogen and oxygen atoms in total. The normalized spacial score (nSPS) is 11.0. The van der Waals surface area contributed by atoms with Crippen molar-refractivity contribution in [3.63, 3.8) is 0 Å². The quantitative estimate of drug-likeness (QED) is 0.714. The maximum Gasteiger partial charge on any atom is 0.123 e. The molecule has 0 saturated carbocycles. The second-order valence-electron chi connectivity index (χ2n) is 5.12. The van der Waals surface area contributed by atoms with Gasteiger partial charge >= 0.3 is 0 Å². The molecule has 0 aliphatic rings. The summed E-state index contributed by atoms with van der Waals surface area (Å²) in [5.74, 6) is 0.936. The number of benzene rings is 1. The van der Waals surface area contributed by atoms with Crippen molar-refractivity contribution in [2.45, 2.75) is 33.0 Å². The van der Waals surface area contributed by atoms with Crippen molar-refractivity contribution in [1.82, 2.24) is 5.32 Å². The van der Waals surface area contributed by atoms with E-state index in [-0.39, 0.29) is 0 Å². The molecule has 1 aromatic carbocycles. The molecule has 114 valence electrons. The third-order valence-corrected chi connectivity index (χ3v) is 3.83. The van der Waals surface area contributed by atoms with Crippen LogP contribution in [0.4, 0.5) is 0 Å². The maximum atomic E-state index is 5.83. The van der Waals surface area contributed by atoms with Gasteiger partial charge in [-0.2, -0.15) is 0 Å². The van der Waals surface area contributed by atoms with Crippen LogP contribution in [-0.2, 0) is 17.9 Å². The highest BCUT2D eigenvalue weighted by Crippen LogP contribution is 2.18. The molecule has 0 bridgehead atoms. The van der Waals surface area contributed by atoms with Gasteiger partial charge in [-0.15, -0.1) is 11.3 Å². The van der Waals surface area contributed by atoms with Crippen LogP contribution in [0.5, 0.6) is 5.75 Å². The fourth-order valence-corrected chi connectivity index (χ4v) is 2.52. The van der Waals surface area contributed by atoms with Crippen molar-refractivity contribution in [2.75, 3.05) is 13.2 Å². The van der Waals surface area contributed by atoms with Crippen molar-refractivity contribution in [1.29, 1.82) is 0 Å². The number of nitrogens with one attached hydrogen (secondary N) is 1. The summed E-state index contributed by atoms with van der Waals surface area (Å²) in [5, 5.41) is 5.48. The monoisotopic (exact) mass is 305 g/mol. The number of rotatable bonds is 9. The number of ether oxygens (including phenoxy) is 2. The Morgan fingerprint density at radius 3 is 2.71 bits per heavy atom. The molecule has 0 aliphatic heterocycles. The van der Waals surface area contributed by atoms with Crippen molar-refractivity contribution >= 4 is 11.3 Å². The average molecular weight is 305 g/mol. The lowest BCUT2D eigenvalue weighted by Gasteiger charge is -2.13. The predicted molar refractivity (Wildman–Crippen MR) is 87.9 cm³/mol. The highest BCUT2D eigenvalue weighted by atomic mass is 32.1. The van der Waals surface area contributed by atoms with Crippen LogP contribution in [0.3, 0.4) is 0 Å². The van der Waals surface area contributed by atoms with Gasteiger partial charge in [-0.1, -0.05) is 38.1 Å². The molecule has 1 heterocycles. The minimum Gasteiger partial charge on any atom is -0.491 e. The lowest BCUT2D eigenvalue weighted by Crippen LogP contribution is -2.22. The van der Waals surface area contributed by atoms with Gasteiger partial charge < -0.3 is 14.8 Å². The standard InChI is InChI=1S/C17H23NO2S/c1-14(2)18-12-15-6-3-4-8-17(15)20-10-9-19-13-16-7-5-11-21-16/h3-8,11,14,18H,9-10,12-13H2,1-2H3. The fourth-order valence-electron chi connectivity index (χ4n) is 1.88. The first-order valence-electron chi connectivity index (χ1n) is 7.30. The molecular formula is C17H23NO2S. The lowest BCUT2D eigenvalue weighted by molar-refractivity contribution is 0.0902. The first-order valence-corrected chi connectivity index (χ1v) is 8.18. The van der Waals surface area contributed by atoms with Gasteiger partial charge in [-0.05, 0) is 17.5 Å². The second-order valence-corrected chi connectivity index (χ2v) is 6.16. The van der Waals surface area contributed by atoms with Crippen LogP contribution in [0.25, 0.3) is 0 Å². The second kappa shape index (κ2) is 8.82. The van der Waals surface area contributed by atoms with Gasteiger partial charge in [0.25, 0.3) is 0 Å². The van der Waals surface area contributed by atoms with Crippen LogP contribution in [0, 0.1) is 0 Å². The first kappa shape index (κ1) is 16.0. The van der Waals surface area contributed by atoms with Crippen molar-refractivity contribution in [2.24, 2.45) is 0 Å². The van der Waals surface area contributed by atoms with Gasteiger partial charge in [0, 0.05) is 23.0 Å². The number of para-hydroxylation sites is 1. The molecule has 0 aliphatic carbocycles. The molecule has 0 amide bonds. The van der Waals surface area contributed by atoms with Gasteiger partial charge in [0.15, 0.2) is 0 Å². The molecule has 4 heteroatoms. The Kier molecular flexibility index (Phi) is 6.73. The summed E-state index contributed by atoms with van der Waals surface area (Å²) in [5.41, 5.74) is 1.18. The topological polar surface area (TPSA) is 30.5 Å². The van der Waals surface area contributed by atoms with E-state index in [1.54, 1.807) is 11.3 Å². The van der Waals surface area contributed by atoms with Crippen molar-refractivity contribution in [3.05, 3.63) is 52.2 Å². The van der Waals surface area contributed by atoms with Crippen LogP contribution in [0.2, 0.25) is 0 Å². The van der Waals surface area contributed by atoms with E-state index in [0.717, 1.165) is 12.3 Å². The Labute approximate surface area is 130 Å². The molecule has 1 N–H and O–H groups in total. The van der Waals surface area contributed by atoms with Crippen LogP contribution in [-0.4, -0.2) is 19.3 Å². The summed E-state index contributed by atoms with van der Waals surface area (Å²) >= 11 is 1.71. The van der Waals surface area contributed by atoms with E-state index in [9.17, 15) is 0 Å². The summed E-state index contributed by atoms with van der Waals surface area (Å²) in [6.45, 7) is 6.94. The molecule has 0 fully saturated rings. The summed E-state index contributed by atoms with van der Waals surface area (Å²) in [6, 6.07) is 12.7. The van der Waals surface area contributed by atoms with E-state index in [1.807, 2.05) is 24.3 Å². The van der Waals surface area contributed by atoms with E-state index >= 15 is 0 Å². The molecular weight excluding hydrogens is 282 g/mol. The third kappa shape index (κ3) is 5.87. The van der Waals surface area contributed by atoms with Gasteiger partial charge in [-0.25, -0.2) is 0 Å². The van der Waals surface area contributed by atoms with Gasteiger partial charge in [0.05, 0.1) is 13.2 Å². The summed E-state index contributed by atoms with van der Waals surface area (Å²) in [7, 11) is 0. The Morgan fingerprint density at radius 2 is 1.95 bits per heavy atom. The van der Waals surface area contributed by atoms with Gasteiger partial charge in [0.1, 0.15) is 12.4 Å². The molecule has 1 aromatic heterocycles. The average Bonchev–Trinajstić information content (AvgIpc) is 2.99. The molecule has 0 radical (unpaired) electrons. The molecule has 21 heavy (non-hydrogen) atoms. The number of hydrogen-bond donors (Lipinski definition) is 1. The SMILES string of the molecule is CC(C)NCc1ccccc1OCCOCc1cccs1. The summed E-state index contributed by atoms with van der Waals surface area (Å²) < 4.78 is 11.4. The Morgan fingerprint density at radius 1 is 1.10 bits per heavy atom. The Balaban J connectivity index is 1.72. The zero-order chi connectivity index (χ0) is 14.9. The third-order valence-electron chi connectivity index (χ3n) is 2.98. The van der Waals surface area contributed by atoms with Crippen molar-refractivity contribution < 1.29 is 9.47 Å². The molecule has 2 aromatic rings. The van der Waals surface area contributed by atoms with Gasteiger partial charge in [0.2, 0.25) is 0 Å². The van der Waals surface area contributed by atoms with E-state index < -0.39 is 0 Å². The zero-order valence-electron chi connectivity index (χ0n) is 12.7. The van der Waals surface area contributed by atoms with Gasteiger partial charge in [-0.3, -0.25) is 0 Å².